The first kappa shape index (κ1) is 17.8. The SMILES string of the molecule is NC1(C(=O)[O-])C=CC(C(=O)[O-])C=C1.[Na+].[Na+]. The van der Waals surface area contributed by atoms with Gasteiger partial charge in [-0.05, 0) is 0 Å². The second-order valence-electron chi connectivity index (χ2n) is 2.78. The van der Waals surface area contributed by atoms with E-state index < -0.39 is 23.4 Å². The van der Waals surface area contributed by atoms with Crippen LogP contribution in [0.25, 0.3) is 0 Å². The van der Waals surface area contributed by atoms with Crippen LogP contribution in [0.1, 0.15) is 0 Å². The Labute approximate surface area is 131 Å². The average Bonchev–Trinajstić information content (AvgIpc) is 2.04. The van der Waals surface area contributed by atoms with Crippen LogP contribution in [0.3, 0.4) is 0 Å². The Morgan fingerprint density at radius 1 is 1.13 bits per heavy atom. The van der Waals surface area contributed by atoms with Crippen molar-refractivity contribution in [1.82, 2.24) is 0 Å². The minimum Gasteiger partial charge on any atom is -0.549 e. The molecule has 0 aromatic heterocycles. The molecule has 0 bridgehead atoms. The van der Waals surface area contributed by atoms with E-state index in [9.17, 15) is 19.8 Å². The normalized spacial score (nSPS) is 27.4. The monoisotopic (exact) mass is 227 g/mol. The Bertz CT molecular complexity index is 300. The second-order valence-corrected chi connectivity index (χ2v) is 2.78. The molecular formula is C8H7NNa2O4. The molecule has 0 fully saturated rings. The first-order valence-corrected chi connectivity index (χ1v) is 3.55. The summed E-state index contributed by atoms with van der Waals surface area (Å²) in [5.74, 6) is -3.69. The predicted octanol–water partition coefficient (Wildman–Crippen LogP) is -9.07. The molecule has 15 heavy (non-hydrogen) atoms. The van der Waals surface area contributed by atoms with Crippen LogP contribution in [0.15, 0.2) is 24.3 Å². The summed E-state index contributed by atoms with van der Waals surface area (Å²) in [7, 11) is 0. The molecule has 0 amide bonds. The summed E-state index contributed by atoms with van der Waals surface area (Å²) in [6, 6.07) is 0. The quantitative estimate of drug-likeness (QED) is 0.372. The molecule has 2 N–H and O–H groups in total. The van der Waals surface area contributed by atoms with Gasteiger partial charge in [-0.1, -0.05) is 24.3 Å². The smallest absolute Gasteiger partial charge is 0.549 e. The molecule has 0 aliphatic heterocycles. The summed E-state index contributed by atoms with van der Waals surface area (Å²) < 4.78 is 0. The number of hydrogen-bond acceptors (Lipinski definition) is 5. The van der Waals surface area contributed by atoms with E-state index in [0.717, 1.165) is 24.3 Å². The van der Waals surface area contributed by atoms with Crippen molar-refractivity contribution in [3.05, 3.63) is 24.3 Å². The number of carbonyl (C=O) groups is 2. The van der Waals surface area contributed by atoms with Gasteiger partial charge in [0.2, 0.25) is 0 Å². The van der Waals surface area contributed by atoms with E-state index in [1.54, 1.807) is 0 Å². The Morgan fingerprint density at radius 2 is 1.53 bits per heavy atom. The van der Waals surface area contributed by atoms with E-state index in [2.05, 4.69) is 0 Å². The van der Waals surface area contributed by atoms with Gasteiger partial charge in [-0.2, -0.15) is 0 Å². The van der Waals surface area contributed by atoms with Crippen molar-refractivity contribution >= 4 is 11.9 Å². The van der Waals surface area contributed by atoms with Crippen molar-refractivity contribution in [1.29, 1.82) is 0 Å². The maximum atomic E-state index is 10.5. The number of nitrogens with two attached hydrogens (primary N) is 1. The van der Waals surface area contributed by atoms with Gasteiger partial charge in [0, 0.05) is 5.92 Å². The number of hydrogen-bond donors (Lipinski definition) is 1. The molecule has 5 nitrogen and oxygen atoms in total. The van der Waals surface area contributed by atoms with E-state index in [0.29, 0.717) is 0 Å². The minimum absolute atomic E-state index is 0. The molecule has 0 heterocycles. The van der Waals surface area contributed by atoms with Gasteiger partial charge in [0.15, 0.2) is 0 Å². The van der Waals surface area contributed by atoms with Crippen molar-refractivity contribution in [2.75, 3.05) is 0 Å². The van der Waals surface area contributed by atoms with Gasteiger partial charge in [0.05, 0.1) is 17.5 Å². The van der Waals surface area contributed by atoms with E-state index in [1.165, 1.54) is 0 Å². The van der Waals surface area contributed by atoms with Crippen LogP contribution in [0.2, 0.25) is 0 Å². The van der Waals surface area contributed by atoms with Gasteiger partial charge < -0.3 is 25.5 Å². The van der Waals surface area contributed by atoms with Gasteiger partial charge in [-0.15, -0.1) is 0 Å². The van der Waals surface area contributed by atoms with Gasteiger partial charge >= 0.3 is 59.1 Å². The van der Waals surface area contributed by atoms with Crippen LogP contribution >= 0.6 is 0 Å². The summed E-state index contributed by atoms with van der Waals surface area (Å²) >= 11 is 0. The molecule has 0 aromatic carbocycles. The summed E-state index contributed by atoms with van der Waals surface area (Å²) in [6.07, 6.45) is 4.46. The van der Waals surface area contributed by atoms with Gasteiger partial charge in [-0.3, -0.25) is 0 Å². The van der Waals surface area contributed by atoms with Crippen molar-refractivity contribution < 1.29 is 78.9 Å². The van der Waals surface area contributed by atoms with Crippen LogP contribution in [0, 0.1) is 5.92 Å². The molecule has 0 spiro atoms. The predicted molar refractivity (Wildman–Crippen MR) is 38.7 cm³/mol. The van der Waals surface area contributed by atoms with E-state index in [-0.39, 0.29) is 59.1 Å². The summed E-state index contributed by atoms with van der Waals surface area (Å²) in [5.41, 5.74) is 3.61. The fraction of sp³-hybridized carbons (Fsp3) is 0.250. The molecule has 0 unspecified atom stereocenters. The second kappa shape index (κ2) is 6.85. The van der Waals surface area contributed by atoms with Crippen molar-refractivity contribution in [2.24, 2.45) is 11.7 Å². The van der Waals surface area contributed by atoms with E-state index in [1.807, 2.05) is 0 Å². The number of aliphatic carboxylic acids is 2. The van der Waals surface area contributed by atoms with Crippen LogP contribution in [0.4, 0.5) is 0 Å². The molecule has 7 heteroatoms. The molecule has 0 radical (unpaired) electrons. The molecular weight excluding hydrogens is 220 g/mol. The van der Waals surface area contributed by atoms with Crippen LogP contribution in [-0.4, -0.2) is 17.5 Å². The number of carboxylic acid groups (broad SMARTS) is 2. The molecule has 0 saturated carbocycles. The molecule has 1 rings (SSSR count). The molecule has 70 valence electrons. The largest absolute Gasteiger partial charge is 1.00 e. The van der Waals surface area contributed by atoms with Crippen LogP contribution in [0.5, 0.6) is 0 Å². The van der Waals surface area contributed by atoms with Crippen molar-refractivity contribution in [2.45, 2.75) is 5.54 Å². The maximum Gasteiger partial charge on any atom is 1.00 e. The summed E-state index contributed by atoms with van der Waals surface area (Å²) in [4.78, 5) is 20.8. The maximum absolute atomic E-state index is 10.5. The number of carbonyl (C=O) groups excluding carboxylic acids is 2. The molecule has 1 aliphatic rings. The van der Waals surface area contributed by atoms with Crippen LogP contribution < -0.4 is 75.1 Å². The van der Waals surface area contributed by atoms with Gasteiger partial charge in [0.1, 0.15) is 0 Å². The fourth-order valence-corrected chi connectivity index (χ4v) is 0.939. The molecule has 0 aromatic rings. The minimum atomic E-state index is -1.70. The van der Waals surface area contributed by atoms with Crippen molar-refractivity contribution in [3.63, 3.8) is 0 Å². The molecule has 1 aliphatic carbocycles. The zero-order chi connectivity index (χ0) is 10.1. The molecule has 0 atom stereocenters. The Balaban J connectivity index is 0. The average molecular weight is 227 g/mol. The topological polar surface area (TPSA) is 106 Å². The summed E-state index contributed by atoms with van der Waals surface area (Å²) in [5, 5.41) is 20.8. The Hall–Kier alpha value is 0.380. The first-order chi connectivity index (χ1) is 5.96. The third-order valence-corrected chi connectivity index (χ3v) is 1.78. The van der Waals surface area contributed by atoms with E-state index in [4.69, 9.17) is 5.73 Å². The fourth-order valence-electron chi connectivity index (χ4n) is 0.939. The van der Waals surface area contributed by atoms with Gasteiger partial charge in [-0.25, -0.2) is 0 Å². The van der Waals surface area contributed by atoms with E-state index >= 15 is 0 Å². The van der Waals surface area contributed by atoms with Crippen LogP contribution in [-0.2, 0) is 9.59 Å². The standard InChI is InChI=1S/C8H9NO4.2Na/c9-8(7(12)13)3-1-5(2-4-8)6(10)11;;/h1-5H,9H2,(H,10,11)(H,12,13);;/q;2*+1/p-2. The third-order valence-electron chi connectivity index (χ3n) is 1.78. The Kier molecular flexibility index (Phi) is 8.12. The first-order valence-electron chi connectivity index (χ1n) is 3.55. The van der Waals surface area contributed by atoms with Gasteiger partial charge in [0.25, 0.3) is 0 Å². The van der Waals surface area contributed by atoms with Crippen molar-refractivity contribution in [3.8, 4) is 0 Å². The number of rotatable bonds is 2. The number of carboxylic acids is 2. The molecule has 0 saturated heterocycles. The third kappa shape index (κ3) is 4.40. The Morgan fingerprint density at radius 3 is 1.80 bits per heavy atom. The zero-order valence-corrected chi connectivity index (χ0v) is 12.6. The zero-order valence-electron chi connectivity index (χ0n) is 8.60. The summed E-state index contributed by atoms with van der Waals surface area (Å²) in [6.45, 7) is 0.